The van der Waals surface area contributed by atoms with Crippen molar-refractivity contribution in [2.24, 2.45) is 0 Å². The van der Waals surface area contributed by atoms with E-state index in [1.165, 1.54) is 0 Å². The van der Waals surface area contributed by atoms with Gasteiger partial charge in [0.2, 0.25) is 0 Å². The van der Waals surface area contributed by atoms with Crippen LogP contribution in [-0.4, -0.2) is 14.5 Å². The van der Waals surface area contributed by atoms with Crippen molar-refractivity contribution in [3.8, 4) is 0 Å². The maximum absolute atomic E-state index is 4.27. The van der Waals surface area contributed by atoms with Gasteiger partial charge in [0, 0.05) is 31.1 Å². The zero-order valence-corrected chi connectivity index (χ0v) is 8.22. The minimum absolute atomic E-state index is 0.942. The Bertz CT molecular complexity index is 392. The average Bonchev–Trinajstić information content (AvgIpc) is 2.63. The summed E-state index contributed by atoms with van der Waals surface area (Å²) in [6.07, 6.45) is 6.69. The molecule has 2 rings (SSSR count). The molecule has 0 spiro atoms. The normalized spacial score (nSPS) is 10.4. The highest BCUT2D eigenvalue weighted by molar-refractivity contribution is 5.03. The number of hydrogen-bond donors (Lipinski definition) is 0. The summed E-state index contributed by atoms with van der Waals surface area (Å²) in [6.45, 7) is 2.94. The predicted octanol–water partition coefficient (Wildman–Crippen LogP) is 1.83. The van der Waals surface area contributed by atoms with E-state index in [9.17, 15) is 0 Å². The smallest absolute Gasteiger partial charge is 0.0949 e. The lowest BCUT2D eigenvalue weighted by Gasteiger charge is -2.00. The van der Waals surface area contributed by atoms with Gasteiger partial charge in [-0.2, -0.15) is 0 Å². The molecule has 0 aliphatic heterocycles. The quantitative estimate of drug-likeness (QED) is 0.734. The van der Waals surface area contributed by atoms with Crippen LogP contribution in [0.1, 0.15) is 11.4 Å². The van der Waals surface area contributed by atoms with Crippen LogP contribution in [-0.2, 0) is 13.0 Å². The zero-order chi connectivity index (χ0) is 9.80. The van der Waals surface area contributed by atoms with E-state index in [4.69, 9.17) is 0 Å². The Kier molecular flexibility index (Phi) is 2.58. The monoisotopic (exact) mass is 187 g/mol. The summed E-state index contributed by atoms with van der Waals surface area (Å²) in [6, 6.07) is 6.00. The van der Waals surface area contributed by atoms with Crippen molar-refractivity contribution in [1.82, 2.24) is 14.5 Å². The molecule has 0 fully saturated rings. The molecule has 3 nitrogen and oxygen atoms in total. The van der Waals surface area contributed by atoms with Gasteiger partial charge in [0.25, 0.3) is 0 Å². The van der Waals surface area contributed by atoms with E-state index < -0.39 is 0 Å². The summed E-state index contributed by atoms with van der Waals surface area (Å²) >= 11 is 0. The highest BCUT2D eigenvalue weighted by Crippen LogP contribution is 1.99. The fourth-order valence-corrected chi connectivity index (χ4v) is 1.38. The van der Waals surface area contributed by atoms with E-state index in [2.05, 4.69) is 14.5 Å². The van der Waals surface area contributed by atoms with Crippen LogP contribution < -0.4 is 0 Å². The van der Waals surface area contributed by atoms with Crippen LogP contribution in [0.25, 0.3) is 0 Å². The Morgan fingerprint density at radius 1 is 1.29 bits per heavy atom. The second kappa shape index (κ2) is 4.05. The summed E-state index contributed by atoms with van der Waals surface area (Å²) in [5, 5.41) is 0. The van der Waals surface area contributed by atoms with Crippen molar-refractivity contribution in [2.75, 3.05) is 0 Å². The molecule has 3 heteroatoms. The SMILES string of the molecule is Cc1cn(CCc2ccccn2)cn1. The molecule has 0 N–H and O–H groups in total. The van der Waals surface area contributed by atoms with Gasteiger partial charge in [0.15, 0.2) is 0 Å². The molecule has 0 unspecified atom stereocenters. The minimum Gasteiger partial charge on any atom is -0.337 e. The van der Waals surface area contributed by atoms with Crippen LogP contribution in [0.4, 0.5) is 0 Å². The number of aromatic nitrogens is 3. The number of hydrogen-bond acceptors (Lipinski definition) is 2. The maximum Gasteiger partial charge on any atom is 0.0949 e. The maximum atomic E-state index is 4.27. The van der Waals surface area contributed by atoms with Crippen LogP contribution in [0, 0.1) is 6.92 Å². The van der Waals surface area contributed by atoms with Gasteiger partial charge in [-0.15, -0.1) is 0 Å². The molecule has 2 aromatic rings. The van der Waals surface area contributed by atoms with Crippen molar-refractivity contribution in [2.45, 2.75) is 19.9 Å². The van der Waals surface area contributed by atoms with Crippen LogP contribution >= 0.6 is 0 Å². The number of pyridine rings is 1. The Morgan fingerprint density at radius 2 is 2.21 bits per heavy atom. The van der Waals surface area contributed by atoms with Gasteiger partial charge in [0.05, 0.1) is 12.0 Å². The van der Waals surface area contributed by atoms with Gasteiger partial charge < -0.3 is 4.57 Å². The number of nitrogens with zero attached hydrogens (tertiary/aromatic N) is 3. The van der Waals surface area contributed by atoms with Gasteiger partial charge in [-0.3, -0.25) is 4.98 Å². The predicted molar refractivity (Wildman–Crippen MR) is 54.9 cm³/mol. The van der Waals surface area contributed by atoms with Crippen LogP contribution in [0.15, 0.2) is 36.9 Å². The zero-order valence-electron chi connectivity index (χ0n) is 8.22. The first-order chi connectivity index (χ1) is 6.84. The molecule has 0 amide bonds. The second-order valence-electron chi connectivity index (χ2n) is 3.32. The summed E-state index contributed by atoms with van der Waals surface area (Å²) < 4.78 is 2.09. The van der Waals surface area contributed by atoms with Crippen molar-refractivity contribution in [3.05, 3.63) is 48.3 Å². The highest BCUT2D eigenvalue weighted by atomic mass is 15.0. The first-order valence-corrected chi connectivity index (χ1v) is 4.73. The van der Waals surface area contributed by atoms with Gasteiger partial charge in [-0.25, -0.2) is 4.98 Å². The van der Waals surface area contributed by atoms with Crippen molar-refractivity contribution in [1.29, 1.82) is 0 Å². The first-order valence-electron chi connectivity index (χ1n) is 4.73. The van der Waals surface area contributed by atoms with Gasteiger partial charge in [0.1, 0.15) is 0 Å². The summed E-state index contributed by atoms with van der Waals surface area (Å²) in [4.78, 5) is 8.44. The van der Waals surface area contributed by atoms with Gasteiger partial charge >= 0.3 is 0 Å². The molecule has 0 bridgehead atoms. The summed E-state index contributed by atoms with van der Waals surface area (Å²) in [5.74, 6) is 0. The van der Waals surface area contributed by atoms with Crippen LogP contribution in [0.5, 0.6) is 0 Å². The topological polar surface area (TPSA) is 30.7 Å². The molecule has 14 heavy (non-hydrogen) atoms. The van der Waals surface area contributed by atoms with E-state index in [1.54, 1.807) is 0 Å². The second-order valence-corrected chi connectivity index (χ2v) is 3.32. The van der Waals surface area contributed by atoms with E-state index in [1.807, 2.05) is 43.8 Å². The van der Waals surface area contributed by atoms with Crippen LogP contribution in [0.2, 0.25) is 0 Å². The largest absolute Gasteiger partial charge is 0.337 e. The lowest BCUT2D eigenvalue weighted by molar-refractivity contribution is 0.684. The lowest BCUT2D eigenvalue weighted by Crippen LogP contribution is -1.99. The fraction of sp³-hybridized carbons (Fsp3) is 0.273. The minimum atomic E-state index is 0.942. The van der Waals surface area contributed by atoms with Gasteiger partial charge in [-0.05, 0) is 19.1 Å². The molecule has 0 radical (unpaired) electrons. The average molecular weight is 187 g/mol. The molecule has 2 aromatic heterocycles. The van der Waals surface area contributed by atoms with E-state index >= 15 is 0 Å². The molecule has 0 aromatic carbocycles. The third kappa shape index (κ3) is 2.19. The molecule has 72 valence electrons. The molecule has 0 aliphatic carbocycles. The van der Waals surface area contributed by atoms with E-state index in [-0.39, 0.29) is 0 Å². The standard InChI is InChI=1S/C11H13N3/c1-10-8-14(9-13-10)7-5-11-4-2-3-6-12-11/h2-4,6,8-9H,5,7H2,1H3. The van der Waals surface area contributed by atoms with Gasteiger partial charge in [-0.1, -0.05) is 6.07 Å². The molecule has 0 saturated heterocycles. The number of aryl methyl sites for hydroxylation is 3. The van der Waals surface area contributed by atoms with E-state index in [0.717, 1.165) is 24.4 Å². The molecule has 0 atom stereocenters. The Hall–Kier alpha value is -1.64. The highest BCUT2D eigenvalue weighted by Gasteiger charge is 1.95. The third-order valence-electron chi connectivity index (χ3n) is 2.11. The van der Waals surface area contributed by atoms with Crippen molar-refractivity contribution < 1.29 is 0 Å². The Labute approximate surface area is 83.4 Å². The Morgan fingerprint density at radius 3 is 2.86 bits per heavy atom. The molecule has 2 heterocycles. The number of imidazole rings is 1. The van der Waals surface area contributed by atoms with Crippen LogP contribution in [0.3, 0.4) is 0 Å². The Balaban J connectivity index is 1.95. The fourth-order valence-electron chi connectivity index (χ4n) is 1.38. The summed E-state index contributed by atoms with van der Waals surface area (Å²) in [5.41, 5.74) is 2.19. The first kappa shape index (κ1) is 8.94. The molecular weight excluding hydrogens is 174 g/mol. The number of rotatable bonds is 3. The van der Waals surface area contributed by atoms with E-state index in [0.29, 0.717) is 0 Å². The third-order valence-corrected chi connectivity index (χ3v) is 2.11. The summed E-state index contributed by atoms with van der Waals surface area (Å²) in [7, 11) is 0. The lowest BCUT2D eigenvalue weighted by atomic mass is 10.3. The molecule has 0 saturated carbocycles. The van der Waals surface area contributed by atoms with Crippen molar-refractivity contribution >= 4 is 0 Å². The molecule has 0 aliphatic rings. The van der Waals surface area contributed by atoms with Crippen molar-refractivity contribution in [3.63, 3.8) is 0 Å². The molecular formula is C11H13N3.